The van der Waals surface area contributed by atoms with Crippen LogP contribution in [0.4, 0.5) is 0 Å². The Hall–Kier alpha value is -0.730. The number of hydrogen-bond donors (Lipinski definition) is 0. The van der Waals surface area contributed by atoms with Gasteiger partial charge in [-0.15, -0.1) is 11.6 Å². The average Bonchev–Trinajstić information content (AvgIpc) is 2.32. The zero-order valence-corrected chi connectivity index (χ0v) is 11.5. The van der Waals surface area contributed by atoms with Crippen molar-refractivity contribution >= 4 is 29.1 Å². The van der Waals surface area contributed by atoms with E-state index in [2.05, 4.69) is 0 Å². The number of benzene rings is 1. The van der Waals surface area contributed by atoms with Gasteiger partial charge in [0.05, 0.1) is 0 Å². The van der Waals surface area contributed by atoms with E-state index in [0.29, 0.717) is 23.9 Å². The van der Waals surface area contributed by atoms with Crippen molar-refractivity contribution in [2.24, 2.45) is 0 Å². The van der Waals surface area contributed by atoms with Crippen LogP contribution < -0.4 is 0 Å². The molecule has 0 heterocycles. The lowest BCUT2D eigenvalue weighted by molar-refractivity contribution is -0.130. The van der Waals surface area contributed by atoms with Gasteiger partial charge in [0.2, 0.25) is 5.91 Å². The third-order valence-electron chi connectivity index (χ3n) is 2.57. The van der Waals surface area contributed by atoms with Gasteiger partial charge in [0, 0.05) is 30.9 Å². The topological polar surface area (TPSA) is 20.3 Å². The number of carbonyl (C=O) groups is 1. The molecule has 94 valence electrons. The normalized spacial score (nSPS) is 10.3. The number of carbonyl (C=O) groups excluding carboxylic acids is 1. The van der Waals surface area contributed by atoms with E-state index >= 15 is 0 Å². The molecule has 0 bridgehead atoms. The van der Waals surface area contributed by atoms with E-state index in [4.69, 9.17) is 23.2 Å². The van der Waals surface area contributed by atoms with Crippen LogP contribution in [0, 0.1) is 0 Å². The summed E-state index contributed by atoms with van der Waals surface area (Å²) in [6, 6.07) is 7.58. The molecule has 0 atom stereocenters. The molecule has 0 saturated carbocycles. The maximum atomic E-state index is 11.8. The van der Waals surface area contributed by atoms with Crippen LogP contribution in [0.25, 0.3) is 0 Å². The number of hydrogen-bond acceptors (Lipinski definition) is 1. The highest BCUT2D eigenvalue weighted by atomic mass is 35.5. The molecule has 1 rings (SSSR count). The van der Waals surface area contributed by atoms with E-state index in [1.54, 1.807) is 11.9 Å². The van der Waals surface area contributed by atoms with Crippen LogP contribution in [0.5, 0.6) is 0 Å². The van der Waals surface area contributed by atoms with Crippen molar-refractivity contribution in [2.45, 2.75) is 25.8 Å². The van der Waals surface area contributed by atoms with E-state index in [-0.39, 0.29) is 5.91 Å². The molecule has 1 aromatic rings. The highest BCUT2D eigenvalue weighted by Gasteiger charge is 2.10. The summed E-state index contributed by atoms with van der Waals surface area (Å²) in [5, 5.41) is 0.702. The third-order valence-corrected chi connectivity index (χ3v) is 3.20. The molecule has 0 unspecified atom stereocenters. The number of nitrogens with zero attached hydrogens (tertiary/aromatic N) is 1. The van der Waals surface area contributed by atoms with E-state index in [0.717, 1.165) is 18.4 Å². The van der Waals surface area contributed by atoms with Crippen LogP contribution in [-0.2, 0) is 11.3 Å². The molecule has 2 nitrogen and oxygen atoms in total. The predicted octanol–water partition coefficient (Wildman–Crippen LogP) is 3.71. The lowest BCUT2D eigenvalue weighted by atomic mass is 10.2. The smallest absolute Gasteiger partial charge is 0.222 e. The second-order valence-electron chi connectivity index (χ2n) is 3.99. The number of amides is 1. The second kappa shape index (κ2) is 7.57. The van der Waals surface area contributed by atoms with Gasteiger partial charge in [-0.3, -0.25) is 4.79 Å². The molecule has 0 aliphatic rings. The molecule has 0 fully saturated rings. The number of halogens is 2. The molecule has 4 heteroatoms. The molecular weight excluding hydrogens is 257 g/mol. The summed E-state index contributed by atoms with van der Waals surface area (Å²) in [7, 11) is 1.80. The van der Waals surface area contributed by atoms with Crippen LogP contribution in [0.2, 0.25) is 5.02 Å². The Morgan fingerprint density at radius 1 is 1.29 bits per heavy atom. The van der Waals surface area contributed by atoms with E-state index < -0.39 is 0 Å². The molecule has 0 aromatic heterocycles. The summed E-state index contributed by atoms with van der Waals surface area (Å²) in [5.74, 6) is 0.747. The van der Waals surface area contributed by atoms with Gasteiger partial charge in [-0.25, -0.2) is 0 Å². The van der Waals surface area contributed by atoms with Gasteiger partial charge in [-0.2, -0.15) is 0 Å². The average molecular weight is 274 g/mol. The summed E-state index contributed by atoms with van der Waals surface area (Å²) in [6.45, 7) is 0.555. The highest BCUT2D eigenvalue weighted by molar-refractivity contribution is 6.31. The summed E-state index contributed by atoms with van der Waals surface area (Å²) < 4.78 is 0. The molecule has 0 spiro atoms. The minimum absolute atomic E-state index is 0.134. The van der Waals surface area contributed by atoms with Gasteiger partial charge in [0.15, 0.2) is 0 Å². The Bertz CT molecular complexity index is 368. The molecule has 0 saturated heterocycles. The van der Waals surface area contributed by atoms with Gasteiger partial charge in [-0.1, -0.05) is 29.8 Å². The molecule has 1 aromatic carbocycles. The van der Waals surface area contributed by atoms with Crippen molar-refractivity contribution in [2.75, 3.05) is 12.9 Å². The Morgan fingerprint density at radius 3 is 2.65 bits per heavy atom. The van der Waals surface area contributed by atoms with Crippen molar-refractivity contribution in [1.82, 2.24) is 4.90 Å². The first-order valence-electron chi connectivity index (χ1n) is 5.68. The second-order valence-corrected chi connectivity index (χ2v) is 4.77. The monoisotopic (exact) mass is 273 g/mol. The first kappa shape index (κ1) is 14.3. The van der Waals surface area contributed by atoms with Gasteiger partial charge in [-0.05, 0) is 24.5 Å². The largest absolute Gasteiger partial charge is 0.341 e. The Labute approximate surface area is 113 Å². The van der Waals surface area contributed by atoms with Gasteiger partial charge >= 0.3 is 0 Å². The minimum Gasteiger partial charge on any atom is -0.341 e. The molecule has 1 amide bonds. The molecular formula is C13H17Cl2NO. The molecule has 0 N–H and O–H groups in total. The Kier molecular flexibility index (Phi) is 6.38. The standard InChI is InChI=1S/C13H17Cl2NO/c1-16(13(17)8-4-5-9-14)10-11-6-2-3-7-12(11)15/h2-3,6-7H,4-5,8-10H2,1H3. The summed E-state index contributed by atoms with van der Waals surface area (Å²) in [6.07, 6.45) is 2.27. The fourth-order valence-corrected chi connectivity index (χ4v) is 1.92. The van der Waals surface area contributed by atoms with Gasteiger partial charge in [0.1, 0.15) is 0 Å². The van der Waals surface area contributed by atoms with Crippen molar-refractivity contribution in [3.8, 4) is 0 Å². The van der Waals surface area contributed by atoms with Crippen molar-refractivity contribution in [3.05, 3.63) is 34.9 Å². The van der Waals surface area contributed by atoms with Crippen LogP contribution in [0.15, 0.2) is 24.3 Å². The van der Waals surface area contributed by atoms with Crippen molar-refractivity contribution in [3.63, 3.8) is 0 Å². The predicted molar refractivity (Wildman–Crippen MR) is 72.5 cm³/mol. The minimum atomic E-state index is 0.134. The fraction of sp³-hybridized carbons (Fsp3) is 0.462. The van der Waals surface area contributed by atoms with Crippen LogP contribution >= 0.6 is 23.2 Å². The lowest BCUT2D eigenvalue weighted by Crippen LogP contribution is -2.26. The summed E-state index contributed by atoms with van der Waals surface area (Å²) >= 11 is 11.6. The first-order valence-corrected chi connectivity index (χ1v) is 6.59. The quantitative estimate of drug-likeness (QED) is 0.572. The number of alkyl halides is 1. The number of unbranched alkanes of at least 4 members (excludes halogenated alkanes) is 1. The first-order chi connectivity index (χ1) is 8.15. The maximum absolute atomic E-state index is 11.8. The maximum Gasteiger partial charge on any atom is 0.222 e. The zero-order chi connectivity index (χ0) is 12.7. The van der Waals surface area contributed by atoms with Crippen LogP contribution in [0.1, 0.15) is 24.8 Å². The molecule has 17 heavy (non-hydrogen) atoms. The van der Waals surface area contributed by atoms with Crippen LogP contribution in [0.3, 0.4) is 0 Å². The van der Waals surface area contributed by atoms with E-state index in [9.17, 15) is 4.79 Å². The van der Waals surface area contributed by atoms with Gasteiger partial charge in [0.25, 0.3) is 0 Å². The van der Waals surface area contributed by atoms with E-state index in [1.165, 1.54) is 0 Å². The van der Waals surface area contributed by atoms with Crippen LogP contribution in [-0.4, -0.2) is 23.7 Å². The SMILES string of the molecule is CN(Cc1ccccc1Cl)C(=O)CCCCCl. The summed E-state index contributed by atoms with van der Waals surface area (Å²) in [4.78, 5) is 13.5. The number of rotatable bonds is 6. The summed E-state index contributed by atoms with van der Waals surface area (Å²) in [5.41, 5.74) is 0.974. The zero-order valence-electron chi connectivity index (χ0n) is 9.96. The fourth-order valence-electron chi connectivity index (χ4n) is 1.53. The van der Waals surface area contributed by atoms with Crippen molar-refractivity contribution in [1.29, 1.82) is 0 Å². The Morgan fingerprint density at radius 2 is 2.00 bits per heavy atom. The van der Waals surface area contributed by atoms with Crippen molar-refractivity contribution < 1.29 is 4.79 Å². The molecule has 0 radical (unpaired) electrons. The third kappa shape index (κ3) is 4.97. The lowest BCUT2D eigenvalue weighted by Gasteiger charge is -2.17. The highest BCUT2D eigenvalue weighted by Crippen LogP contribution is 2.16. The molecule has 0 aliphatic heterocycles. The Balaban J connectivity index is 2.46. The molecule has 0 aliphatic carbocycles. The van der Waals surface area contributed by atoms with E-state index in [1.807, 2.05) is 24.3 Å². The van der Waals surface area contributed by atoms with Gasteiger partial charge < -0.3 is 4.90 Å².